The maximum absolute atomic E-state index is 12.9. The van der Waals surface area contributed by atoms with E-state index in [2.05, 4.69) is 20.8 Å². The van der Waals surface area contributed by atoms with Crippen molar-refractivity contribution >= 4 is 34.3 Å². The lowest BCUT2D eigenvalue weighted by Gasteiger charge is -2.11. The fraction of sp³-hybridized carbons (Fsp3) is 0.0435. The first-order valence-corrected chi connectivity index (χ1v) is 9.76. The van der Waals surface area contributed by atoms with Crippen LogP contribution in [0.25, 0.3) is 22.2 Å². The summed E-state index contributed by atoms with van der Waals surface area (Å²) in [6.07, 6.45) is 0. The Morgan fingerprint density at radius 2 is 1.58 bits per heavy atom. The molecule has 0 saturated heterocycles. The zero-order valence-corrected chi connectivity index (χ0v) is 17.2. The van der Waals surface area contributed by atoms with Crippen LogP contribution in [-0.2, 0) is 0 Å². The number of benzene rings is 2. The molecule has 0 aliphatic carbocycles. The van der Waals surface area contributed by atoms with Crippen LogP contribution in [0.1, 0.15) is 26.4 Å². The van der Waals surface area contributed by atoms with Crippen molar-refractivity contribution in [3.63, 3.8) is 0 Å². The summed E-state index contributed by atoms with van der Waals surface area (Å²) in [5.41, 5.74) is 6.99. The minimum absolute atomic E-state index is 0.104. The molecule has 7 nitrogen and oxygen atoms in total. The van der Waals surface area contributed by atoms with E-state index in [1.165, 1.54) is 6.07 Å². The number of nitrogens with one attached hydrogen (secondary N) is 3. The van der Waals surface area contributed by atoms with E-state index < -0.39 is 17.4 Å². The Bertz CT molecular complexity index is 1360. The predicted molar refractivity (Wildman–Crippen MR) is 119 cm³/mol. The highest BCUT2D eigenvalue weighted by Gasteiger charge is 2.16. The van der Waals surface area contributed by atoms with Gasteiger partial charge in [-0.3, -0.25) is 25.2 Å². The van der Waals surface area contributed by atoms with Crippen LogP contribution in [0.5, 0.6) is 0 Å². The molecule has 2 amide bonds. The molecule has 0 aliphatic rings. The molecule has 4 rings (SSSR count). The monoisotopic (exact) mass is 432 g/mol. The third kappa shape index (κ3) is 4.31. The average molecular weight is 433 g/mol. The number of hydrazine groups is 1. The number of fused-ring (bicyclic) bond motifs is 1. The van der Waals surface area contributed by atoms with Gasteiger partial charge >= 0.3 is 0 Å². The van der Waals surface area contributed by atoms with Gasteiger partial charge in [-0.15, -0.1) is 0 Å². The van der Waals surface area contributed by atoms with Gasteiger partial charge < -0.3 is 4.98 Å². The van der Waals surface area contributed by atoms with Crippen LogP contribution in [0.2, 0.25) is 5.02 Å². The summed E-state index contributed by atoms with van der Waals surface area (Å²) in [5.74, 6) is -1.25. The number of H-pyrrole nitrogens is 1. The standard InChI is InChI=1S/C23H17ClN4O3/c1-13-6-11-17(21(29)25-13)22(30)27-28-23(31)18-12-20(14-7-9-15(24)10-8-14)26-19-5-3-2-4-16(18)19/h2-12H,1H3,(H,25,29)(H,27,30)(H,28,31). The molecular weight excluding hydrogens is 416 g/mol. The molecule has 0 atom stereocenters. The third-order valence-corrected chi connectivity index (χ3v) is 4.94. The largest absolute Gasteiger partial charge is 0.326 e. The van der Waals surface area contributed by atoms with Gasteiger partial charge in [-0.25, -0.2) is 4.98 Å². The molecular formula is C23H17ClN4O3. The lowest BCUT2D eigenvalue weighted by Crippen LogP contribution is -2.43. The molecule has 31 heavy (non-hydrogen) atoms. The topological polar surface area (TPSA) is 104 Å². The Labute approximate surface area is 182 Å². The summed E-state index contributed by atoms with van der Waals surface area (Å²) in [4.78, 5) is 44.4. The first-order chi connectivity index (χ1) is 14.9. The van der Waals surface area contributed by atoms with Crippen molar-refractivity contribution in [2.45, 2.75) is 6.92 Å². The van der Waals surface area contributed by atoms with E-state index in [0.717, 1.165) is 5.56 Å². The van der Waals surface area contributed by atoms with E-state index in [4.69, 9.17) is 11.6 Å². The number of halogens is 1. The number of para-hydroxylation sites is 1. The summed E-state index contributed by atoms with van der Waals surface area (Å²) >= 11 is 5.97. The van der Waals surface area contributed by atoms with Crippen molar-refractivity contribution in [1.29, 1.82) is 0 Å². The van der Waals surface area contributed by atoms with Crippen molar-refractivity contribution in [2.24, 2.45) is 0 Å². The molecule has 3 N–H and O–H groups in total. The van der Waals surface area contributed by atoms with Gasteiger partial charge in [-0.1, -0.05) is 41.9 Å². The highest BCUT2D eigenvalue weighted by atomic mass is 35.5. The number of nitrogens with zero attached hydrogens (tertiary/aromatic N) is 1. The number of amides is 2. The van der Waals surface area contributed by atoms with Crippen molar-refractivity contribution in [2.75, 3.05) is 0 Å². The highest BCUT2D eigenvalue weighted by molar-refractivity contribution is 6.30. The fourth-order valence-electron chi connectivity index (χ4n) is 3.13. The van der Waals surface area contributed by atoms with E-state index >= 15 is 0 Å². The summed E-state index contributed by atoms with van der Waals surface area (Å²) in [6.45, 7) is 1.71. The molecule has 0 radical (unpaired) electrons. The van der Waals surface area contributed by atoms with Gasteiger partial charge in [-0.2, -0.15) is 0 Å². The summed E-state index contributed by atoms with van der Waals surface area (Å²) < 4.78 is 0. The number of aromatic nitrogens is 2. The van der Waals surface area contributed by atoms with Crippen molar-refractivity contribution in [1.82, 2.24) is 20.8 Å². The van der Waals surface area contributed by atoms with Crippen molar-refractivity contribution in [3.05, 3.63) is 98.9 Å². The minimum Gasteiger partial charge on any atom is -0.326 e. The summed E-state index contributed by atoms with van der Waals surface area (Å²) in [7, 11) is 0. The number of carbonyl (C=O) groups is 2. The SMILES string of the molecule is Cc1ccc(C(=O)NNC(=O)c2cc(-c3ccc(Cl)cc3)nc3ccccc23)c(=O)[nH]1. The Morgan fingerprint density at radius 1 is 0.903 bits per heavy atom. The molecule has 0 unspecified atom stereocenters. The lowest BCUT2D eigenvalue weighted by atomic mass is 10.0. The molecule has 2 aromatic heterocycles. The first-order valence-electron chi connectivity index (χ1n) is 9.39. The highest BCUT2D eigenvalue weighted by Crippen LogP contribution is 2.25. The number of hydrogen-bond donors (Lipinski definition) is 3. The minimum atomic E-state index is -0.717. The lowest BCUT2D eigenvalue weighted by molar-refractivity contribution is 0.0846. The molecule has 8 heteroatoms. The fourth-order valence-corrected chi connectivity index (χ4v) is 3.26. The van der Waals surface area contributed by atoms with Gasteiger partial charge in [0.2, 0.25) is 0 Å². The normalized spacial score (nSPS) is 10.6. The van der Waals surface area contributed by atoms with E-state index in [1.54, 1.807) is 49.4 Å². The van der Waals surface area contributed by atoms with Crippen LogP contribution in [0, 0.1) is 6.92 Å². The second-order valence-electron chi connectivity index (χ2n) is 6.87. The van der Waals surface area contributed by atoms with Crippen LogP contribution in [0.3, 0.4) is 0 Å². The molecule has 2 aromatic carbocycles. The molecule has 0 bridgehead atoms. The molecule has 0 aliphatic heterocycles. The average Bonchev–Trinajstić information content (AvgIpc) is 2.77. The van der Waals surface area contributed by atoms with E-state index in [1.807, 2.05) is 18.2 Å². The second-order valence-corrected chi connectivity index (χ2v) is 7.31. The van der Waals surface area contributed by atoms with Crippen molar-refractivity contribution < 1.29 is 9.59 Å². The number of aromatic amines is 1. The Morgan fingerprint density at radius 3 is 2.29 bits per heavy atom. The van der Waals surface area contributed by atoms with Gasteiger partial charge in [0.05, 0.1) is 16.8 Å². The van der Waals surface area contributed by atoms with Crippen LogP contribution in [-0.4, -0.2) is 21.8 Å². The molecule has 4 aromatic rings. The molecule has 154 valence electrons. The first kappa shape index (κ1) is 20.3. The van der Waals surface area contributed by atoms with Gasteiger partial charge in [0.15, 0.2) is 0 Å². The van der Waals surface area contributed by atoms with Gasteiger partial charge in [0, 0.05) is 21.7 Å². The van der Waals surface area contributed by atoms with Crippen LogP contribution in [0.4, 0.5) is 0 Å². The quantitative estimate of drug-likeness (QED) is 0.430. The number of hydrogen-bond acceptors (Lipinski definition) is 4. The second kappa shape index (κ2) is 8.41. The molecule has 0 fully saturated rings. The van der Waals surface area contributed by atoms with Gasteiger partial charge in [0.1, 0.15) is 5.56 Å². The van der Waals surface area contributed by atoms with Crippen LogP contribution < -0.4 is 16.4 Å². The molecule has 2 heterocycles. The Hall–Kier alpha value is -3.97. The number of carbonyl (C=O) groups excluding carboxylic acids is 2. The number of rotatable bonds is 3. The third-order valence-electron chi connectivity index (χ3n) is 4.69. The summed E-state index contributed by atoms with van der Waals surface area (Å²) in [6, 6.07) is 19.0. The summed E-state index contributed by atoms with van der Waals surface area (Å²) in [5, 5.41) is 1.22. The molecule has 0 spiro atoms. The van der Waals surface area contributed by atoms with Crippen molar-refractivity contribution in [3.8, 4) is 11.3 Å². The number of pyridine rings is 2. The smallest absolute Gasteiger partial charge is 0.275 e. The Balaban J connectivity index is 1.64. The predicted octanol–water partition coefficient (Wildman–Crippen LogP) is 3.63. The zero-order valence-electron chi connectivity index (χ0n) is 16.4. The van der Waals surface area contributed by atoms with Gasteiger partial charge in [0.25, 0.3) is 17.4 Å². The van der Waals surface area contributed by atoms with E-state index in [0.29, 0.717) is 32.9 Å². The van der Waals surface area contributed by atoms with Gasteiger partial charge in [-0.05, 0) is 43.3 Å². The number of aryl methyl sites for hydroxylation is 1. The van der Waals surface area contributed by atoms with E-state index in [9.17, 15) is 14.4 Å². The van der Waals surface area contributed by atoms with E-state index in [-0.39, 0.29) is 5.56 Å². The molecule has 0 saturated carbocycles. The zero-order chi connectivity index (χ0) is 22.0. The maximum atomic E-state index is 12.9. The van der Waals surface area contributed by atoms with Crippen LogP contribution in [0.15, 0.2) is 71.5 Å². The Kier molecular flexibility index (Phi) is 5.51. The maximum Gasteiger partial charge on any atom is 0.275 e. The van der Waals surface area contributed by atoms with Crippen LogP contribution >= 0.6 is 11.6 Å².